The number of carbonyl (C=O) groups is 1. The number of H-pyrrole nitrogens is 1. The van der Waals surface area contributed by atoms with Gasteiger partial charge in [-0.2, -0.15) is 0 Å². The number of fused-ring (bicyclic) bond motifs is 2. The Morgan fingerprint density at radius 2 is 2.00 bits per heavy atom. The number of anilines is 1. The third-order valence-corrected chi connectivity index (χ3v) is 6.82. The quantitative estimate of drug-likeness (QED) is 0.617. The van der Waals surface area contributed by atoms with Gasteiger partial charge in [-0.1, -0.05) is 12.1 Å². The lowest BCUT2D eigenvalue weighted by Gasteiger charge is -2.40. The van der Waals surface area contributed by atoms with E-state index in [1.807, 2.05) is 30.5 Å². The molecule has 7 nitrogen and oxygen atoms in total. The van der Waals surface area contributed by atoms with Gasteiger partial charge in [0, 0.05) is 24.8 Å². The van der Waals surface area contributed by atoms with Gasteiger partial charge in [0.25, 0.3) is 0 Å². The number of hydrogen-bond acceptors (Lipinski definition) is 6. The van der Waals surface area contributed by atoms with E-state index in [9.17, 15) is 4.79 Å². The minimum Gasteiger partial charge on any atom is -0.465 e. The summed E-state index contributed by atoms with van der Waals surface area (Å²) in [5.41, 5.74) is 2.79. The van der Waals surface area contributed by atoms with Crippen LogP contribution in [0.4, 0.5) is 5.82 Å². The van der Waals surface area contributed by atoms with Crippen molar-refractivity contribution in [1.29, 1.82) is 0 Å². The Hall–Kier alpha value is -2.93. The Bertz CT molecular complexity index is 1050. The van der Waals surface area contributed by atoms with Crippen LogP contribution >= 0.6 is 0 Å². The Morgan fingerprint density at radius 1 is 1.13 bits per heavy atom. The zero-order valence-electron chi connectivity index (χ0n) is 18.0. The molecule has 2 saturated heterocycles. The standard InChI is InChI=1S/C24H29N5O2/c1-31-24(30)18-8-6-17(7-9-18)4-2-13-28-14-3-5-21-20(28)11-15-29(21)23-19-10-12-25-22(19)26-16-27-23/h6-10,12,16,20-21H,2-5,11,13-15H2,1H3,(H,25,26,27). The van der Waals surface area contributed by atoms with Gasteiger partial charge >= 0.3 is 5.97 Å². The van der Waals surface area contributed by atoms with Crippen LogP contribution in [0.2, 0.25) is 0 Å². The Morgan fingerprint density at radius 3 is 2.84 bits per heavy atom. The van der Waals surface area contributed by atoms with Crippen LogP contribution in [0.5, 0.6) is 0 Å². The second-order valence-corrected chi connectivity index (χ2v) is 8.52. The predicted molar refractivity (Wildman–Crippen MR) is 120 cm³/mol. The molecule has 0 saturated carbocycles. The molecule has 4 heterocycles. The van der Waals surface area contributed by atoms with Gasteiger partial charge in [-0.25, -0.2) is 14.8 Å². The summed E-state index contributed by atoms with van der Waals surface area (Å²) in [6.45, 7) is 3.34. The number of benzene rings is 1. The van der Waals surface area contributed by atoms with E-state index in [4.69, 9.17) is 4.74 Å². The van der Waals surface area contributed by atoms with Crippen LogP contribution in [-0.2, 0) is 11.2 Å². The van der Waals surface area contributed by atoms with E-state index >= 15 is 0 Å². The molecule has 1 N–H and O–H groups in total. The monoisotopic (exact) mass is 419 g/mol. The number of methoxy groups -OCH3 is 1. The van der Waals surface area contributed by atoms with E-state index in [2.05, 4.69) is 30.8 Å². The predicted octanol–water partition coefficient (Wildman–Crippen LogP) is 3.42. The number of ether oxygens (including phenoxy) is 1. The Labute approximate surface area is 182 Å². The number of nitrogens with one attached hydrogen (secondary N) is 1. The SMILES string of the molecule is COC(=O)c1ccc(CCCN2CCCC3C2CCN3c2ncnc3[nH]ccc23)cc1. The molecule has 0 aliphatic carbocycles. The van der Waals surface area contributed by atoms with Crippen molar-refractivity contribution >= 4 is 22.8 Å². The van der Waals surface area contributed by atoms with E-state index in [-0.39, 0.29) is 5.97 Å². The van der Waals surface area contributed by atoms with Gasteiger partial charge in [0.2, 0.25) is 0 Å². The number of piperidine rings is 1. The molecule has 0 amide bonds. The van der Waals surface area contributed by atoms with Crippen molar-refractivity contribution in [3.8, 4) is 0 Å². The third kappa shape index (κ3) is 3.90. The number of hydrogen-bond donors (Lipinski definition) is 1. The summed E-state index contributed by atoms with van der Waals surface area (Å²) in [5.74, 6) is 0.795. The normalized spacial score (nSPS) is 21.4. The molecule has 2 fully saturated rings. The van der Waals surface area contributed by atoms with E-state index in [1.165, 1.54) is 38.5 Å². The first-order valence-corrected chi connectivity index (χ1v) is 11.2. The second-order valence-electron chi connectivity index (χ2n) is 8.52. The number of rotatable bonds is 6. The summed E-state index contributed by atoms with van der Waals surface area (Å²) in [5, 5.41) is 1.12. The summed E-state index contributed by atoms with van der Waals surface area (Å²) in [4.78, 5) is 29.0. The third-order valence-electron chi connectivity index (χ3n) is 6.82. The average Bonchev–Trinajstić information content (AvgIpc) is 3.46. The maximum atomic E-state index is 11.6. The highest BCUT2D eigenvalue weighted by atomic mass is 16.5. The molecule has 31 heavy (non-hydrogen) atoms. The van der Waals surface area contributed by atoms with Crippen LogP contribution in [0.15, 0.2) is 42.9 Å². The number of nitrogens with zero attached hydrogens (tertiary/aromatic N) is 4. The van der Waals surface area contributed by atoms with Crippen LogP contribution in [0, 0.1) is 0 Å². The summed E-state index contributed by atoms with van der Waals surface area (Å²) in [7, 11) is 1.41. The molecule has 2 aliphatic rings. The van der Waals surface area contributed by atoms with Crippen molar-refractivity contribution in [2.75, 3.05) is 31.6 Å². The van der Waals surface area contributed by atoms with Crippen molar-refractivity contribution in [3.05, 3.63) is 54.0 Å². The number of aryl methyl sites for hydroxylation is 1. The molecule has 5 rings (SSSR count). The molecule has 2 unspecified atom stereocenters. The lowest BCUT2D eigenvalue weighted by molar-refractivity contribution is 0.0600. The smallest absolute Gasteiger partial charge is 0.337 e. The number of esters is 1. The first-order valence-electron chi connectivity index (χ1n) is 11.2. The molecule has 3 aromatic rings. The summed E-state index contributed by atoms with van der Waals surface area (Å²) < 4.78 is 4.78. The molecule has 0 bridgehead atoms. The van der Waals surface area contributed by atoms with Crippen molar-refractivity contribution in [1.82, 2.24) is 19.9 Å². The molecule has 2 aliphatic heterocycles. The first-order chi connectivity index (χ1) is 15.2. The van der Waals surface area contributed by atoms with E-state index in [0.717, 1.165) is 42.8 Å². The van der Waals surface area contributed by atoms with Gasteiger partial charge in [0.1, 0.15) is 17.8 Å². The number of aromatic nitrogens is 3. The summed E-state index contributed by atoms with van der Waals surface area (Å²) >= 11 is 0. The maximum absolute atomic E-state index is 11.6. The fourth-order valence-electron chi connectivity index (χ4n) is 5.32. The molecular weight excluding hydrogens is 390 g/mol. The van der Waals surface area contributed by atoms with Crippen LogP contribution < -0.4 is 4.90 Å². The molecule has 1 aromatic carbocycles. The zero-order valence-corrected chi connectivity index (χ0v) is 18.0. The van der Waals surface area contributed by atoms with E-state index in [0.29, 0.717) is 17.6 Å². The van der Waals surface area contributed by atoms with Gasteiger partial charge in [-0.3, -0.25) is 4.90 Å². The topological polar surface area (TPSA) is 74.3 Å². The van der Waals surface area contributed by atoms with E-state index in [1.54, 1.807) is 6.33 Å². The summed E-state index contributed by atoms with van der Waals surface area (Å²) in [6, 6.07) is 11.0. The Balaban J connectivity index is 1.21. The molecular formula is C24H29N5O2. The minimum absolute atomic E-state index is 0.280. The minimum atomic E-state index is -0.280. The van der Waals surface area contributed by atoms with Gasteiger partial charge in [0.05, 0.1) is 18.1 Å². The molecule has 162 valence electrons. The van der Waals surface area contributed by atoms with E-state index < -0.39 is 0 Å². The zero-order chi connectivity index (χ0) is 21.2. The van der Waals surface area contributed by atoms with Gasteiger partial charge < -0.3 is 14.6 Å². The highest BCUT2D eigenvalue weighted by Crippen LogP contribution is 2.36. The van der Waals surface area contributed by atoms with Crippen molar-refractivity contribution in [3.63, 3.8) is 0 Å². The van der Waals surface area contributed by atoms with Crippen molar-refractivity contribution < 1.29 is 9.53 Å². The van der Waals surface area contributed by atoms with Crippen molar-refractivity contribution in [2.24, 2.45) is 0 Å². The first kappa shape index (κ1) is 20.0. The van der Waals surface area contributed by atoms with Gasteiger partial charge in [-0.05, 0) is 69.0 Å². The second kappa shape index (κ2) is 8.67. The molecule has 7 heteroatoms. The summed E-state index contributed by atoms with van der Waals surface area (Å²) in [6.07, 6.45) is 9.41. The molecule has 0 spiro atoms. The average molecular weight is 420 g/mol. The highest BCUT2D eigenvalue weighted by molar-refractivity contribution is 5.89. The van der Waals surface area contributed by atoms with Crippen LogP contribution in [0.3, 0.4) is 0 Å². The van der Waals surface area contributed by atoms with Crippen LogP contribution in [-0.4, -0.2) is 64.6 Å². The Kier molecular flexibility index (Phi) is 5.59. The molecule has 2 atom stereocenters. The van der Waals surface area contributed by atoms with Gasteiger partial charge in [0.15, 0.2) is 0 Å². The fourth-order valence-corrected chi connectivity index (χ4v) is 5.32. The van der Waals surface area contributed by atoms with Gasteiger partial charge in [-0.15, -0.1) is 0 Å². The lowest BCUT2D eigenvalue weighted by atomic mass is 9.96. The highest BCUT2D eigenvalue weighted by Gasteiger charge is 2.40. The lowest BCUT2D eigenvalue weighted by Crippen LogP contribution is -2.50. The van der Waals surface area contributed by atoms with Crippen LogP contribution in [0.1, 0.15) is 41.6 Å². The van der Waals surface area contributed by atoms with Crippen LogP contribution in [0.25, 0.3) is 11.0 Å². The largest absolute Gasteiger partial charge is 0.465 e. The molecule has 2 aromatic heterocycles. The fraction of sp³-hybridized carbons (Fsp3) is 0.458. The van der Waals surface area contributed by atoms with Crippen molar-refractivity contribution in [2.45, 2.75) is 44.2 Å². The molecule has 0 radical (unpaired) electrons. The number of aromatic amines is 1. The number of carbonyl (C=O) groups excluding carboxylic acids is 1. The number of likely N-dealkylation sites (tertiary alicyclic amines) is 1. The maximum Gasteiger partial charge on any atom is 0.337 e.